The summed E-state index contributed by atoms with van der Waals surface area (Å²) >= 11 is 5.56. The highest BCUT2D eigenvalue weighted by atomic mass is 35.5. The Balaban J connectivity index is 3.07. The Hall–Kier alpha value is -1.69. The van der Waals surface area contributed by atoms with Crippen LogP contribution in [0, 0.1) is 15.9 Å². The van der Waals surface area contributed by atoms with Crippen molar-refractivity contribution in [1.82, 2.24) is 4.90 Å². The van der Waals surface area contributed by atoms with Crippen LogP contribution < -0.4 is 0 Å². The lowest BCUT2D eigenvalue weighted by Gasteiger charge is -2.20. The average molecular weight is 289 g/mol. The Bertz CT molecular complexity index is 482. The summed E-state index contributed by atoms with van der Waals surface area (Å²) in [7, 11) is 0. The van der Waals surface area contributed by atoms with Crippen molar-refractivity contribution < 1.29 is 14.1 Å². The fourth-order valence-corrected chi connectivity index (χ4v) is 1.78. The van der Waals surface area contributed by atoms with E-state index in [1.165, 1.54) is 4.90 Å². The first-order chi connectivity index (χ1) is 9.01. The first-order valence-electron chi connectivity index (χ1n) is 5.80. The summed E-state index contributed by atoms with van der Waals surface area (Å²) in [5.41, 5.74) is -0.628. The number of nitro benzene ring substituents is 1. The summed E-state index contributed by atoms with van der Waals surface area (Å²) in [6, 6.07) is 2.93. The van der Waals surface area contributed by atoms with E-state index in [9.17, 15) is 19.3 Å². The fourth-order valence-electron chi connectivity index (χ4n) is 1.66. The quantitative estimate of drug-likeness (QED) is 0.459. The van der Waals surface area contributed by atoms with E-state index in [1.54, 1.807) is 6.92 Å². The first kappa shape index (κ1) is 15.4. The molecule has 0 bridgehead atoms. The van der Waals surface area contributed by atoms with Crippen molar-refractivity contribution in [2.24, 2.45) is 0 Å². The Morgan fingerprint density at radius 2 is 2.21 bits per heavy atom. The minimum Gasteiger partial charge on any atom is -0.339 e. The van der Waals surface area contributed by atoms with Gasteiger partial charge in [-0.1, -0.05) is 0 Å². The van der Waals surface area contributed by atoms with Crippen molar-refractivity contribution in [2.75, 3.05) is 19.0 Å². The molecular weight excluding hydrogens is 275 g/mol. The molecule has 0 aliphatic heterocycles. The molecule has 0 aliphatic rings. The highest BCUT2D eigenvalue weighted by Gasteiger charge is 2.24. The maximum absolute atomic E-state index is 13.0. The molecule has 0 aromatic heterocycles. The van der Waals surface area contributed by atoms with Crippen molar-refractivity contribution in [2.45, 2.75) is 13.3 Å². The Labute approximate surface area is 115 Å². The number of rotatable bonds is 6. The molecule has 0 saturated carbocycles. The normalized spacial score (nSPS) is 10.3. The number of amides is 1. The van der Waals surface area contributed by atoms with Crippen LogP contribution in [0.3, 0.4) is 0 Å². The van der Waals surface area contributed by atoms with Crippen molar-refractivity contribution in [3.8, 4) is 0 Å². The van der Waals surface area contributed by atoms with Gasteiger partial charge in [0.05, 0.1) is 11.0 Å². The van der Waals surface area contributed by atoms with Gasteiger partial charge in [-0.3, -0.25) is 14.9 Å². The molecule has 0 atom stereocenters. The molecule has 104 valence electrons. The van der Waals surface area contributed by atoms with E-state index in [0.29, 0.717) is 25.4 Å². The van der Waals surface area contributed by atoms with Crippen molar-refractivity contribution >= 4 is 23.2 Å². The van der Waals surface area contributed by atoms with Crippen LogP contribution in [-0.4, -0.2) is 34.7 Å². The Morgan fingerprint density at radius 3 is 2.74 bits per heavy atom. The minimum atomic E-state index is -0.758. The van der Waals surface area contributed by atoms with Gasteiger partial charge >= 0.3 is 0 Å². The molecule has 0 unspecified atom stereocenters. The molecule has 0 spiro atoms. The van der Waals surface area contributed by atoms with Crippen LogP contribution in [0.5, 0.6) is 0 Å². The first-order valence-corrected chi connectivity index (χ1v) is 6.33. The lowest BCUT2D eigenvalue weighted by molar-refractivity contribution is -0.385. The van der Waals surface area contributed by atoms with Gasteiger partial charge in [0.15, 0.2) is 0 Å². The molecule has 0 radical (unpaired) electrons. The second-order valence-electron chi connectivity index (χ2n) is 3.85. The van der Waals surface area contributed by atoms with E-state index in [-0.39, 0.29) is 5.56 Å². The lowest BCUT2D eigenvalue weighted by atomic mass is 10.1. The third kappa shape index (κ3) is 3.89. The van der Waals surface area contributed by atoms with Gasteiger partial charge in [-0.15, -0.1) is 11.6 Å². The molecule has 0 fully saturated rings. The van der Waals surface area contributed by atoms with Crippen LogP contribution in [0.2, 0.25) is 0 Å². The smallest absolute Gasteiger partial charge is 0.285 e. The standard InChI is InChI=1S/C12H14ClFN2O3/c1-2-15(7-3-6-13)12(17)10-5-4-9(14)8-11(10)16(18)19/h4-5,8H,2-3,6-7H2,1H3. The van der Waals surface area contributed by atoms with Gasteiger partial charge in [-0.25, -0.2) is 4.39 Å². The monoisotopic (exact) mass is 288 g/mol. The number of hydrogen-bond donors (Lipinski definition) is 0. The number of hydrogen-bond acceptors (Lipinski definition) is 3. The zero-order valence-corrected chi connectivity index (χ0v) is 11.2. The van der Waals surface area contributed by atoms with Crippen LogP contribution in [-0.2, 0) is 0 Å². The lowest BCUT2D eigenvalue weighted by Crippen LogP contribution is -2.32. The fraction of sp³-hybridized carbons (Fsp3) is 0.417. The zero-order chi connectivity index (χ0) is 14.4. The molecule has 5 nitrogen and oxygen atoms in total. The number of benzene rings is 1. The van der Waals surface area contributed by atoms with Crippen LogP contribution >= 0.6 is 11.6 Å². The van der Waals surface area contributed by atoms with Crippen LogP contribution in [0.25, 0.3) is 0 Å². The SMILES string of the molecule is CCN(CCCCl)C(=O)c1ccc(F)cc1[N+](=O)[O-]. The summed E-state index contributed by atoms with van der Waals surface area (Å²) < 4.78 is 13.0. The van der Waals surface area contributed by atoms with Gasteiger partial charge in [0.2, 0.25) is 0 Å². The van der Waals surface area contributed by atoms with E-state index < -0.39 is 22.3 Å². The van der Waals surface area contributed by atoms with E-state index in [0.717, 1.165) is 18.2 Å². The second kappa shape index (κ2) is 7.04. The average Bonchev–Trinajstić information content (AvgIpc) is 2.39. The third-order valence-electron chi connectivity index (χ3n) is 2.62. The molecule has 0 N–H and O–H groups in total. The third-order valence-corrected chi connectivity index (χ3v) is 2.88. The molecule has 0 heterocycles. The van der Waals surface area contributed by atoms with E-state index in [1.807, 2.05) is 0 Å². The van der Waals surface area contributed by atoms with Crippen LogP contribution in [0.4, 0.5) is 10.1 Å². The topological polar surface area (TPSA) is 63.5 Å². The number of carbonyl (C=O) groups excluding carboxylic acids is 1. The van der Waals surface area contributed by atoms with E-state index >= 15 is 0 Å². The van der Waals surface area contributed by atoms with Crippen LogP contribution in [0.1, 0.15) is 23.7 Å². The number of halogens is 2. The highest BCUT2D eigenvalue weighted by molar-refractivity contribution is 6.17. The number of nitrogens with zero attached hydrogens (tertiary/aromatic N) is 2. The molecule has 7 heteroatoms. The van der Waals surface area contributed by atoms with Gasteiger partial charge < -0.3 is 4.90 Å². The summed E-state index contributed by atoms with van der Waals surface area (Å²) in [6.07, 6.45) is 0.593. The molecule has 1 rings (SSSR count). The Kier molecular flexibility index (Phi) is 5.69. The molecule has 1 amide bonds. The van der Waals surface area contributed by atoms with Crippen molar-refractivity contribution in [3.63, 3.8) is 0 Å². The van der Waals surface area contributed by atoms with Gasteiger partial charge in [0, 0.05) is 19.0 Å². The maximum atomic E-state index is 13.0. The van der Waals surface area contributed by atoms with Crippen molar-refractivity contribution in [1.29, 1.82) is 0 Å². The zero-order valence-electron chi connectivity index (χ0n) is 10.4. The maximum Gasteiger partial charge on any atom is 0.285 e. The minimum absolute atomic E-state index is 0.108. The van der Waals surface area contributed by atoms with Gasteiger partial charge in [0.25, 0.3) is 11.6 Å². The molecule has 19 heavy (non-hydrogen) atoms. The van der Waals surface area contributed by atoms with Gasteiger partial charge in [-0.2, -0.15) is 0 Å². The predicted molar refractivity (Wildman–Crippen MR) is 70.0 cm³/mol. The summed E-state index contributed by atoms with van der Waals surface area (Å²) in [5, 5.41) is 10.9. The second-order valence-corrected chi connectivity index (χ2v) is 4.22. The highest BCUT2D eigenvalue weighted by Crippen LogP contribution is 2.21. The number of alkyl halides is 1. The molecule has 1 aromatic rings. The van der Waals surface area contributed by atoms with Gasteiger partial charge in [-0.05, 0) is 25.5 Å². The predicted octanol–water partition coefficient (Wildman–Crippen LogP) is 2.82. The number of nitro groups is 1. The molecule has 1 aromatic carbocycles. The Morgan fingerprint density at radius 1 is 1.53 bits per heavy atom. The summed E-state index contributed by atoms with van der Waals surface area (Å²) in [5.74, 6) is -0.832. The largest absolute Gasteiger partial charge is 0.339 e. The number of carbonyl (C=O) groups is 1. The van der Waals surface area contributed by atoms with Crippen LogP contribution in [0.15, 0.2) is 18.2 Å². The molecular formula is C12H14ClFN2O3. The molecule has 0 aliphatic carbocycles. The van der Waals surface area contributed by atoms with E-state index in [4.69, 9.17) is 11.6 Å². The molecule has 0 saturated heterocycles. The summed E-state index contributed by atoms with van der Waals surface area (Å²) in [4.78, 5) is 23.7. The summed E-state index contributed by atoms with van der Waals surface area (Å²) in [6.45, 7) is 2.58. The van der Waals surface area contributed by atoms with Gasteiger partial charge in [0.1, 0.15) is 11.4 Å². The van der Waals surface area contributed by atoms with Crippen molar-refractivity contribution in [3.05, 3.63) is 39.7 Å². The van der Waals surface area contributed by atoms with E-state index in [2.05, 4.69) is 0 Å².